The summed E-state index contributed by atoms with van der Waals surface area (Å²) < 4.78 is 5.07. The second-order valence-electron chi connectivity index (χ2n) is 4.87. The quantitative estimate of drug-likeness (QED) is 0.706. The fourth-order valence-corrected chi connectivity index (χ4v) is 1.66. The largest absolute Gasteiger partial charge is 0.383 e. The molecule has 0 bridgehead atoms. The van der Waals surface area contributed by atoms with Gasteiger partial charge in [0.25, 0.3) is 0 Å². The van der Waals surface area contributed by atoms with E-state index >= 15 is 0 Å². The lowest BCUT2D eigenvalue weighted by atomic mass is 9.85. The van der Waals surface area contributed by atoms with Crippen molar-refractivity contribution in [2.24, 2.45) is 11.1 Å². The van der Waals surface area contributed by atoms with Crippen molar-refractivity contribution >= 4 is 5.91 Å². The lowest BCUT2D eigenvalue weighted by molar-refractivity contribution is -0.144. The number of amides is 1. The highest BCUT2D eigenvalue weighted by Gasteiger charge is 2.35. The van der Waals surface area contributed by atoms with Crippen LogP contribution in [0.1, 0.15) is 40.5 Å². The van der Waals surface area contributed by atoms with Crippen molar-refractivity contribution in [1.29, 1.82) is 0 Å². The van der Waals surface area contributed by atoms with E-state index in [1.807, 2.05) is 18.7 Å². The van der Waals surface area contributed by atoms with Crippen LogP contribution in [0, 0.1) is 5.41 Å². The van der Waals surface area contributed by atoms with E-state index < -0.39 is 5.41 Å². The number of methoxy groups -OCH3 is 1. The lowest BCUT2D eigenvalue weighted by Gasteiger charge is -2.36. The lowest BCUT2D eigenvalue weighted by Crippen LogP contribution is -2.50. The summed E-state index contributed by atoms with van der Waals surface area (Å²) in [6.07, 6.45) is 1.71. The second kappa shape index (κ2) is 7.67. The number of carbonyl (C=O) groups is 1. The van der Waals surface area contributed by atoms with Gasteiger partial charge in [-0.25, -0.2) is 0 Å². The van der Waals surface area contributed by atoms with Crippen LogP contribution < -0.4 is 5.73 Å². The third kappa shape index (κ3) is 4.28. The molecule has 102 valence electrons. The molecule has 0 saturated heterocycles. The standard InChI is InChI=1S/C13H28N2O2/c1-6-11(3)15(8-9-17-5)12(16)13(4,7-2)10-14/h11H,6-10,14H2,1-5H3. The minimum Gasteiger partial charge on any atom is -0.383 e. The molecule has 0 rings (SSSR count). The van der Waals surface area contributed by atoms with Crippen LogP contribution in [0.2, 0.25) is 0 Å². The van der Waals surface area contributed by atoms with Gasteiger partial charge in [0.05, 0.1) is 12.0 Å². The topological polar surface area (TPSA) is 55.6 Å². The molecule has 4 nitrogen and oxygen atoms in total. The van der Waals surface area contributed by atoms with Crippen molar-refractivity contribution in [2.45, 2.75) is 46.6 Å². The van der Waals surface area contributed by atoms with Gasteiger partial charge in [-0.1, -0.05) is 13.8 Å². The Morgan fingerprint density at radius 1 is 1.47 bits per heavy atom. The molecule has 0 aliphatic rings. The van der Waals surface area contributed by atoms with E-state index in [9.17, 15) is 4.79 Å². The van der Waals surface area contributed by atoms with Crippen LogP contribution in [0.25, 0.3) is 0 Å². The van der Waals surface area contributed by atoms with E-state index in [4.69, 9.17) is 10.5 Å². The first kappa shape index (κ1) is 16.4. The van der Waals surface area contributed by atoms with Gasteiger partial charge in [0, 0.05) is 26.2 Å². The van der Waals surface area contributed by atoms with Crippen LogP contribution in [0.4, 0.5) is 0 Å². The highest BCUT2D eigenvalue weighted by atomic mass is 16.5. The first-order chi connectivity index (χ1) is 7.96. The van der Waals surface area contributed by atoms with E-state index in [1.54, 1.807) is 7.11 Å². The van der Waals surface area contributed by atoms with Crippen molar-refractivity contribution in [1.82, 2.24) is 4.90 Å². The smallest absolute Gasteiger partial charge is 0.230 e. The van der Waals surface area contributed by atoms with Crippen molar-refractivity contribution in [3.05, 3.63) is 0 Å². The molecule has 2 N–H and O–H groups in total. The van der Waals surface area contributed by atoms with Gasteiger partial charge in [0.2, 0.25) is 5.91 Å². The number of nitrogens with zero attached hydrogens (tertiary/aromatic N) is 1. The molecule has 2 unspecified atom stereocenters. The fraction of sp³-hybridized carbons (Fsp3) is 0.923. The Morgan fingerprint density at radius 3 is 2.41 bits per heavy atom. The Hall–Kier alpha value is -0.610. The van der Waals surface area contributed by atoms with Gasteiger partial charge in [-0.05, 0) is 26.7 Å². The Labute approximate surface area is 105 Å². The van der Waals surface area contributed by atoms with E-state index in [0.717, 1.165) is 12.8 Å². The summed E-state index contributed by atoms with van der Waals surface area (Å²) in [4.78, 5) is 14.4. The highest BCUT2D eigenvalue weighted by molar-refractivity contribution is 5.82. The van der Waals surface area contributed by atoms with Crippen LogP contribution in [0.15, 0.2) is 0 Å². The molecule has 1 amide bonds. The molecule has 0 aliphatic heterocycles. The van der Waals surface area contributed by atoms with Gasteiger partial charge in [0.15, 0.2) is 0 Å². The van der Waals surface area contributed by atoms with Gasteiger partial charge in [-0.2, -0.15) is 0 Å². The molecule has 0 aromatic heterocycles. The second-order valence-corrected chi connectivity index (χ2v) is 4.87. The number of ether oxygens (including phenoxy) is 1. The molecule has 0 aliphatic carbocycles. The van der Waals surface area contributed by atoms with E-state index in [1.165, 1.54) is 0 Å². The van der Waals surface area contributed by atoms with Crippen LogP contribution in [0.5, 0.6) is 0 Å². The number of hydrogen-bond donors (Lipinski definition) is 1. The fourth-order valence-electron chi connectivity index (χ4n) is 1.66. The first-order valence-electron chi connectivity index (χ1n) is 6.46. The summed E-state index contributed by atoms with van der Waals surface area (Å²) in [5, 5.41) is 0. The van der Waals surface area contributed by atoms with Crippen LogP contribution >= 0.6 is 0 Å². The maximum absolute atomic E-state index is 12.5. The third-order valence-electron chi connectivity index (χ3n) is 3.67. The van der Waals surface area contributed by atoms with E-state index in [2.05, 4.69) is 13.8 Å². The first-order valence-corrected chi connectivity index (χ1v) is 6.46. The zero-order chi connectivity index (χ0) is 13.5. The molecule has 4 heteroatoms. The van der Waals surface area contributed by atoms with Crippen LogP contribution in [0.3, 0.4) is 0 Å². The summed E-state index contributed by atoms with van der Waals surface area (Å²) in [5.74, 6) is 0.147. The van der Waals surface area contributed by atoms with Gasteiger partial charge in [0.1, 0.15) is 0 Å². The Bertz CT molecular complexity index is 227. The SMILES string of the molecule is CCC(C)N(CCOC)C(=O)C(C)(CC)CN. The number of nitrogens with two attached hydrogens (primary N) is 1. The van der Waals surface area contributed by atoms with Crippen molar-refractivity contribution < 1.29 is 9.53 Å². The number of carbonyl (C=O) groups excluding carboxylic acids is 1. The van der Waals surface area contributed by atoms with E-state index in [0.29, 0.717) is 19.7 Å². The molecule has 0 heterocycles. The normalized spacial score (nSPS) is 16.4. The van der Waals surface area contributed by atoms with Crippen molar-refractivity contribution in [3.63, 3.8) is 0 Å². The Morgan fingerprint density at radius 2 is 2.06 bits per heavy atom. The molecular weight excluding hydrogens is 216 g/mol. The van der Waals surface area contributed by atoms with Gasteiger partial charge in [-0.3, -0.25) is 4.79 Å². The van der Waals surface area contributed by atoms with Crippen molar-refractivity contribution in [2.75, 3.05) is 26.8 Å². The predicted octanol–water partition coefficient (Wildman–Crippen LogP) is 1.63. The average Bonchev–Trinajstić information content (AvgIpc) is 2.37. The molecule has 0 aromatic rings. The van der Waals surface area contributed by atoms with Crippen molar-refractivity contribution in [3.8, 4) is 0 Å². The maximum atomic E-state index is 12.5. The molecule has 0 radical (unpaired) electrons. The molecule has 2 atom stereocenters. The summed E-state index contributed by atoms with van der Waals surface area (Å²) in [5.41, 5.74) is 5.30. The summed E-state index contributed by atoms with van der Waals surface area (Å²) in [7, 11) is 1.65. The van der Waals surface area contributed by atoms with Crippen LogP contribution in [-0.4, -0.2) is 43.7 Å². The number of rotatable bonds is 8. The molecule has 0 aromatic carbocycles. The minimum absolute atomic E-state index is 0.147. The van der Waals surface area contributed by atoms with Gasteiger partial charge in [-0.15, -0.1) is 0 Å². The predicted molar refractivity (Wildman–Crippen MR) is 70.8 cm³/mol. The Balaban J connectivity index is 4.84. The van der Waals surface area contributed by atoms with E-state index in [-0.39, 0.29) is 11.9 Å². The molecule has 0 spiro atoms. The van der Waals surface area contributed by atoms with Gasteiger partial charge >= 0.3 is 0 Å². The average molecular weight is 244 g/mol. The molecule has 0 saturated carbocycles. The molecular formula is C13H28N2O2. The van der Waals surface area contributed by atoms with Gasteiger partial charge < -0.3 is 15.4 Å². The summed E-state index contributed by atoms with van der Waals surface area (Å²) in [6, 6.07) is 0.232. The van der Waals surface area contributed by atoms with Crippen LogP contribution in [-0.2, 0) is 9.53 Å². The maximum Gasteiger partial charge on any atom is 0.230 e. The number of hydrogen-bond acceptors (Lipinski definition) is 3. The Kier molecular flexibility index (Phi) is 7.39. The summed E-state index contributed by atoms with van der Waals surface area (Å²) >= 11 is 0. The third-order valence-corrected chi connectivity index (χ3v) is 3.67. The minimum atomic E-state index is -0.447. The monoisotopic (exact) mass is 244 g/mol. The molecule has 17 heavy (non-hydrogen) atoms. The zero-order valence-electron chi connectivity index (χ0n) is 12.0. The zero-order valence-corrected chi connectivity index (χ0v) is 12.0. The molecule has 0 fully saturated rings. The highest BCUT2D eigenvalue weighted by Crippen LogP contribution is 2.24. The summed E-state index contributed by atoms with van der Waals surface area (Å²) in [6.45, 7) is 9.71.